The lowest BCUT2D eigenvalue weighted by molar-refractivity contribution is -0.255. The molecule has 0 atom stereocenters. The van der Waals surface area contributed by atoms with Gasteiger partial charge in [0.05, 0.1) is 5.97 Å². The summed E-state index contributed by atoms with van der Waals surface area (Å²) in [6.07, 6.45) is 1.31. The number of halogens is 1. The molecule has 7 heteroatoms. The quantitative estimate of drug-likeness (QED) is 0.513. The van der Waals surface area contributed by atoms with E-state index in [1.165, 1.54) is 18.2 Å². The topological polar surface area (TPSA) is 106 Å². The molecule has 0 aliphatic rings. The fourth-order valence-corrected chi connectivity index (χ4v) is 2.83. The normalized spacial score (nSPS) is 11.0. The molecule has 3 rings (SSSR count). The van der Waals surface area contributed by atoms with Crippen LogP contribution in [0.4, 0.5) is 5.69 Å². The third-order valence-corrected chi connectivity index (χ3v) is 4.35. The van der Waals surface area contributed by atoms with E-state index in [0.717, 1.165) is 5.56 Å². The number of aromatic carboxylic acids is 1. The average Bonchev–Trinajstić information content (AvgIpc) is 3.14. The molecular formula is C22H14ClN2O4-. The molecule has 0 fully saturated rings. The van der Waals surface area contributed by atoms with Crippen LogP contribution in [0.1, 0.15) is 21.7 Å². The van der Waals surface area contributed by atoms with Gasteiger partial charge in [-0.15, -0.1) is 0 Å². The second kappa shape index (κ2) is 8.46. The van der Waals surface area contributed by atoms with E-state index in [-0.39, 0.29) is 21.9 Å². The zero-order valence-corrected chi connectivity index (χ0v) is 16.0. The Morgan fingerprint density at radius 2 is 1.97 bits per heavy atom. The van der Waals surface area contributed by atoms with E-state index in [9.17, 15) is 20.0 Å². The first kappa shape index (κ1) is 19.9. The number of amides is 1. The molecule has 1 N–H and O–H groups in total. The van der Waals surface area contributed by atoms with E-state index in [2.05, 4.69) is 5.32 Å². The molecule has 0 aliphatic heterocycles. The van der Waals surface area contributed by atoms with Crippen molar-refractivity contribution in [1.29, 1.82) is 5.26 Å². The van der Waals surface area contributed by atoms with Gasteiger partial charge < -0.3 is 19.6 Å². The van der Waals surface area contributed by atoms with Gasteiger partial charge in [0.2, 0.25) is 0 Å². The zero-order valence-electron chi connectivity index (χ0n) is 15.2. The molecule has 2 aromatic carbocycles. The van der Waals surface area contributed by atoms with Crippen molar-refractivity contribution < 1.29 is 19.1 Å². The highest BCUT2D eigenvalue weighted by molar-refractivity contribution is 6.33. The predicted octanol–water partition coefficient (Wildman–Crippen LogP) is 3.82. The van der Waals surface area contributed by atoms with Crippen LogP contribution in [0, 0.1) is 18.3 Å². The van der Waals surface area contributed by atoms with Gasteiger partial charge in [-0.05, 0) is 55.0 Å². The zero-order chi connectivity index (χ0) is 21.0. The van der Waals surface area contributed by atoms with Gasteiger partial charge in [0, 0.05) is 27.9 Å². The molecule has 1 heterocycles. The van der Waals surface area contributed by atoms with E-state index < -0.39 is 11.9 Å². The van der Waals surface area contributed by atoms with Crippen molar-refractivity contribution in [3.05, 3.63) is 82.1 Å². The molecule has 0 unspecified atom stereocenters. The number of carboxylic acids is 1. The average molecular weight is 406 g/mol. The molecule has 3 aromatic rings. The van der Waals surface area contributed by atoms with Gasteiger partial charge in [0.1, 0.15) is 23.2 Å². The van der Waals surface area contributed by atoms with E-state index in [4.69, 9.17) is 16.0 Å². The SMILES string of the molecule is Cc1cccc(NC(=O)/C(C#N)=C/c2ccc(-c3ccc(Cl)c(C(=O)[O-])c3)o2)c1. The Hall–Kier alpha value is -3.82. The first-order valence-electron chi connectivity index (χ1n) is 8.48. The van der Waals surface area contributed by atoms with Gasteiger partial charge >= 0.3 is 0 Å². The summed E-state index contributed by atoms with van der Waals surface area (Å²) < 4.78 is 5.63. The summed E-state index contributed by atoms with van der Waals surface area (Å²) in [7, 11) is 0. The fourth-order valence-electron chi connectivity index (χ4n) is 2.63. The van der Waals surface area contributed by atoms with Gasteiger partial charge in [-0.3, -0.25) is 4.79 Å². The van der Waals surface area contributed by atoms with Crippen molar-refractivity contribution in [3.63, 3.8) is 0 Å². The third-order valence-electron chi connectivity index (χ3n) is 4.03. The van der Waals surface area contributed by atoms with E-state index >= 15 is 0 Å². The number of rotatable bonds is 5. The summed E-state index contributed by atoms with van der Waals surface area (Å²) in [6.45, 7) is 1.89. The highest BCUT2D eigenvalue weighted by Crippen LogP contribution is 2.27. The maximum Gasteiger partial charge on any atom is 0.266 e. The lowest BCUT2D eigenvalue weighted by atomic mass is 10.1. The van der Waals surface area contributed by atoms with Gasteiger partial charge in [-0.25, -0.2) is 0 Å². The number of hydrogen-bond acceptors (Lipinski definition) is 5. The number of furan rings is 1. The number of hydrogen-bond donors (Lipinski definition) is 1. The molecule has 1 aromatic heterocycles. The summed E-state index contributed by atoms with van der Waals surface area (Å²) >= 11 is 5.84. The van der Waals surface area contributed by atoms with Crippen molar-refractivity contribution in [2.24, 2.45) is 0 Å². The Labute approximate surface area is 171 Å². The molecule has 0 bridgehead atoms. The van der Waals surface area contributed by atoms with Crippen molar-refractivity contribution >= 4 is 35.2 Å². The van der Waals surface area contributed by atoms with Crippen LogP contribution in [0.15, 0.2) is 64.6 Å². The summed E-state index contributed by atoms with van der Waals surface area (Å²) in [4.78, 5) is 23.5. The number of anilines is 1. The van der Waals surface area contributed by atoms with Crippen LogP contribution >= 0.6 is 11.6 Å². The Bertz CT molecular complexity index is 1170. The molecule has 0 radical (unpaired) electrons. The smallest absolute Gasteiger partial charge is 0.266 e. The van der Waals surface area contributed by atoms with Crippen LogP contribution in [0.3, 0.4) is 0 Å². The highest BCUT2D eigenvalue weighted by atomic mass is 35.5. The maximum absolute atomic E-state index is 12.4. The number of nitrogens with one attached hydrogen (secondary N) is 1. The Kier molecular flexibility index (Phi) is 5.82. The number of carboxylic acid groups (broad SMARTS) is 1. The second-order valence-corrected chi connectivity index (χ2v) is 6.58. The molecule has 29 heavy (non-hydrogen) atoms. The van der Waals surface area contributed by atoms with Crippen LogP contribution in [0.5, 0.6) is 0 Å². The minimum Gasteiger partial charge on any atom is -0.545 e. The number of aryl methyl sites for hydroxylation is 1. The monoisotopic (exact) mass is 405 g/mol. The summed E-state index contributed by atoms with van der Waals surface area (Å²) in [5.74, 6) is -1.35. The van der Waals surface area contributed by atoms with Crippen molar-refractivity contribution in [3.8, 4) is 17.4 Å². The number of benzene rings is 2. The van der Waals surface area contributed by atoms with Gasteiger partial charge in [-0.1, -0.05) is 23.7 Å². The molecule has 0 aliphatic carbocycles. The van der Waals surface area contributed by atoms with Crippen molar-refractivity contribution in [1.82, 2.24) is 0 Å². The maximum atomic E-state index is 12.4. The van der Waals surface area contributed by atoms with Crippen LogP contribution in [-0.2, 0) is 4.79 Å². The Morgan fingerprint density at radius 3 is 2.66 bits per heavy atom. The summed E-state index contributed by atoms with van der Waals surface area (Å²) in [5.41, 5.74) is 1.72. The van der Waals surface area contributed by atoms with Crippen LogP contribution < -0.4 is 10.4 Å². The third kappa shape index (κ3) is 4.72. The lowest BCUT2D eigenvalue weighted by Crippen LogP contribution is -2.22. The number of carbonyl (C=O) groups is 2. The first-order chi connectivity index (χ1) is 13.9. The Morgan fingerprint density at radius 1 is 1.17 bits per heavy atom. The summed E-state index contributed by atoms with van der Waals surface area (Å²) in [5, 5.41) is 23.2. The summed E-state index contributed by atoms with van der Waals surface area (Å²) in [6, 6.07) is 16.6. The second-order valence-electron chi connectivity index (χ2n) is 6.18. The first-order valence-corrected chi connectivity index (χ1v) is 8.86. The molecule has 1 amide bonds. The van der Waals surface area contributed by atoms with E-state index in [0.29, 0.717) is 17.0 Å². The van der Waals surface area contributed by atoms with E-state index in [1.807, 2.05) is 19.1 Å². The van der Waals surface area contributed by atoms with Crippen molar-refractivity contribution in [2.45, 2.75) is 6.92 Å². The van der Waals surface area contributed by atoms with Crippen LogP contribution in [0.25, 0.3) is 17.4 Å². The van der Waals surface area contributed by atoms with Crippen LogP contribution in [-0.4, -0.2) is 11.9 Å². The molecule has 0 saturated carbocycles. The van der Waals surface area contributed by atoms with Gasteiger partial charge in [0.15, 0.2) is 0 Å². The van der Waals surface area contributed by atoms with E-state index in [1.54, 1.807) is 36.4 Å². The van der Waals surface area contributed by atoms with Crippen LogP contribution in [0.2, 0.25) is 5.02 Å². The molecule has 144 valence electrons. The standard InChI is InChI=1S/C22H15ClN2O4/c1-13-3-2-4-16(9-13)25-21(26)15(12-24)10-17-6-8-20(29-17)14-5-7-19(23)18(11-14)22(27)28/h2-11H,1H3,(H,25,26)(H,27,28)/p-1/b15-10+. The Balaban J connectivity index is 1.84. The highest BCUT2D eigenvalue weighted by Gasteiger charge is 2.12. The molecule has 0 spiro atoms. The van der Waals surface area contributed by atoms with Gasteiger partial charge in [-0.2, -0.15) is 5.26 Å². The van der Waals surface area contributed by atoms with Gasteiger partial charge in [0.25, 0.3) is 5.91 Å². The van der Waals surface area contributed by atoms with Crippen molar-refractivity contribution in [2.75, 3.05) is 5.32 Å². The lowest BCUT2D eigenvalue weighted by Gasteiger charge is -2.06. The fraction of sp³-hybridized carbons (Fsp3) is 0.0455. The number of nitriles is 1. The minimum absolute atomic E-state index is 0.0556. The number of nitrogens with zero attached hydrogens (tertiary/aromatic N) is 1. The molecule has 0 saturated heterocycles. The molecule has 6 nitrogen and oxygen atoms in total. The number of carbonyl (C=O) groups excluding carboxylic acids is 2. The molecular weight excluding hydrogens is 392 g/mol. The largest absolute Gasteiger partial charge is 0.545 e. The minimum atomic E-state index is -1.40. The predicted molar refractivity (Wildman–Crippen MR) is 107 cm³/mol.